The number of aliphatic hydroxyl groups excluding tert-OH is 1. The molecule has 0 aromatic heterocycles. The molecular weight excluding hydrogens is 118 g/mol. The number of aliphatic hydroxyl groups is 1. The highest BCUT2D eigenvalue weighted by atomic mass is 16.3. The monoisotopic (exact) mass is 133 g/mol. The van der Waals surface area contributed by atoms with E-state index in [9.17, 15) is 0 Å². The third kappa shape index (κ3) is 2.79. The summed E-state index contributed by atoms with van der Waals surface area (Å²) in [4.78, 5) is 2.24. The first kappa shape index (κ1) is 8.88. The summed E-state index contributed by atoms with van der Waals surface area (Å²) in [6.45, 7) is 2.11. The van der Waals surface area contributed by atoms with Gasteiger partial charge >= 0.3 is 0 Å². The van der Waals surface area contributed by atoms with Gasteiger partial charge in [0.15, 0.2) is 0 Å². The van der Waals surface area contributed by atoms with E-state index in [0.29, 0.717) is 0 Å². The molecule has 0 aromatic rings. The molecule has 9 heavy (non-hydrogen) atoms. The van der Waals surface area contributed by atoms with Gasteiger partial charge in [-0.15, -0.1) is 0 Å². The summed E-state index contributed by atoms with van der Waals surface area (Å²) in [6, 6.07) is 0. The van der Waals surface area contributed by atoms with Crippen LogP contribution in [0.1, 0.15) is 12.8 Å². The maximum atomic E-state index is 9.00. The van der Waals surface area contributed by atoms with Gasteiger partial charge in [-0.05, 0) is 19.9 Å². The minimum Gasteiger partial charge on any atom is -0.412 e. The quantitative estimate of drug-likeness (QED) is 0.472. The number of rotatable bonds is 0. The van der Waals surface area contributed by atoms with Gasteiger partial charge in [0.1, 0.15) is 0 Å². The molecule has 0 aliphatic carbocycles. The van der Waals surface area contributed by atoms with E-state index in [1.165, 1.54) is 0 Å². The average molecular weight is 133 g/mol. The summed E-state index contributed by atoms with van der Waals surface area (Å²) in [5.41, 5.74) is 0. The molecule has 1 saturated heterocycles. The van der Waals surface area contributed by atoms with Crippen LogP contribution in [0.4, 0.5) is 0 Å². The van der Waals surface area contributed by atoms with Crippen molar-refractivity contribution < 1.29 is 10.6 Å². The van der Waals surface area contributed by atoms with Gasteiger partial charge in [-0.1, -0.05) is 0 Å². The third-order valence-corrected chi connectivity index (χ3v) is 1.69. The van der Waals surface area contributed by atoms with Crippen LogP contribution in [0.5, 0.6) is 0 Å². The largest absolute Gasteiger partial charge is 0.412 e. The lowest BCUT2D eigenvalue weighted by molar-refractivity contribution is 0.0943. The highest BCUT2D eigenvalue weighted by molar-refractivity contribution is 4.67. The van der Waals surface area contributed by atoms with E-state index in [4.69, 9.17) is 5.11 Å². The van der Waals surface area contributed by atoms with Crippen LogP contribution in [0.25, 0.3) is 0 Å². The maximum absolute atomic E-state index is 9.00. The Balaban J connectivity index is 0.000000640. The Morgan fingerprint density at radius 3 is 2.11 bits per heavy atom. The van der Waals surface area contributed by atoms with Crippen molar-refractivity contribution in [1.29, 1.82) is 0 Å². The van der Waals surface area contributed by atoms with Gasteiger partial charge in [-0.25, -0.2) is 0 Å². The molecule has 56 valence electrons. The van der Waals surface area contributed by atoms with Crippen molar-refractivity contribution in [2.45, 2.75) is 18.9 Å². The van der Waals surface area contributed by atoms with Crippen molar-refractivity contribution in [2.75, 3.05) is 20.1 Å². The zero-order chi connectivity index (χ0) is 5.98. The Morgan fingerprint density at radius 1 is 1.33 bits per heavy atom. The van der Waals surface area contributed by atoms with Crippen LogP contribution in [-0.2, 0) is 0 Å². The van der Waals surface area contributed by atoms with Crippen LogP contribution in [0.3, 0.4) is 0 Å². The summed E-state index contributed by atoms with van der Waals surface area (Å²) in [5, 5.41) is 9.00. The fourth-order valence-electron chi connectivity index (χ4n) is 0.995. The molecule has 0 unspecified atom stereocenters. The highest BCUT2D eigenvalue weighted by Crippen LogP contribution is 2.06. The van der Waals surface area contributed by atoms with E-state index in [1.54, 1.807) is 0 Å². The SMILES string of the molecule is CN1CCC(O)CC1.O. The molecule has 0 spiro atoms. The number of hydrogen-bond donors (Lipinski definition) is 1. The van der Waals surface area contributed by atoms with Gasteiger partial charge in [0.2, 0.25) is 0 Å². The van der Waals surface area contributed by atoms with E-state index in [-0.39, 0.29) is 11.6 Å². The van der Waals surface area contributed by atoms with Crippen molar-refractivity contribution in [3.05, 3.63) is 0 Å². The summed E-state index contributed by atoms with van der Waals surface area (Å²) in [6.07, 6.45) is 1.89. The normalized spacial score (nSPS) is 23.3. The molecule has 0 atom stereocenters. The zero-order valence-electron chi connectivity index (χ0n) is 5.80. The first-order chi connectivity index (χ1) is 3.79. The fraction of sp³-hybridized carbons (Fsp3) is 1.00. The number of likely N-dealkylation sites (tertiary alicyclic amines) is 1. The molecule has 0 radical (unpaired) electrons. The topological polar surface area (TPSA) is 55.0 Å². The second-order valence-corrected chi connectivity index (χ2v) is 2.53. The van der Waals surface area contributed by atoms with Gasteiger partial charge in [-0.2, -0.15) is 0 Å². The van der Waals surface area contributed by atoms with Gasteiger partial charge in [0.25, 0.3) is 0 Å². The first-order valence-electron chi connectivity index (χ1n) is 3.15. The van der Waals surface area contributed by atoms with Crippen molar-refractivity contribution in [1.82, 2.24) is 4.90 Å². The van der Waals surface area contributed by atoms with E-state index in [0.717, 1.165) is 25.9 Å². The van der Waals surface area contributed by atoms with Crippen LogP contribution in [0.2, 0.25) is 0 Å². The van der Waals surface area contributed by atoms with Gasteiger partial charge < -0.3 is 15.5 Å². The number of hydrogen-bond acceptors (Lipinski definition) is 2. The molecule has 1 fully saturated rings. The Morgan fingerprint density at radius 2 is 1.78 bits per heavy atom. The standard InChI is InChI=1S/C6H13NO.H2O/c1-7-4-2-6(8)3-5-7;/h6,8H,2-5H2,1H3;1H2. The minimum absolute atomic E-state index is 0. The Labute approximate surface area is 55.6 Å². The first-order valence-corrected chi connectivity index (χ1v) is 3.15. The summed E-state index contributed by atoms with van der Waals surface area (Å²) >= 11 is 0. The van der Waals surface area contributed by atoms with E-state index < -0.39 is 0 Å². The minimum atomic E-state index is -0.0220. The van der Waals surface area contributed by atoms with Crippen LogP contribution >= 0.6 is 0 Å². The van der Waals surface area contributed by atoms with Gasteiger partial charge in [0, 0.05) is 13.1 Å². The number of nitrogens with zero attached hydrogens (tertiary/aromatic N) is 1. The molecule has 1 rings (SSSR count). The molecule has 1 aliphatic rings. The van der Waals surface area contributed by atoms with Crippen molar-refractivity contribution in [2.24, 2.45) is 0 Å². The highest BCUT2D eigenvalue weighted by Gasteiger charge is 2.12. The van der Waals surface area contributed by atoms with Crippen LogP contribution in [0.15, 0.2) is 0 Å². The zero-order valence-corrected chi connectivity index (χ0v) is 5.80. The van der Waals surface area contributed by atoms with E-state index in [1.807, 2.05) is 0 Å². The fourth-order valence-corrected chi connectivity index (χ4v) is 0.995. The summed E-state index contributed by atoms with van der Waals surface area (Å²) in [7, 11) is 2.09. The third-order valence-electron chi connectivity index (χ3n) is 1.69. The second kappa shape index (κ2) is 3.82. The predicted molar refractivity (Wildman–Crippen MR) is 36.4 cm³/mol. The molecular formula is C6H15NO2. The van der Waals surface area contributed by atoms with Gasteiger partial charge in [0.05, 0.1) is 6.10 Å². The summed E-state index contributed by atoms with van der Waals surface area (Å²) in [5.74, 6) is 0. The Hall–Kier alpha value is -0.120. The lowest BCUT2D eigenvalue weighted by atomic mass is 10.1. The molecule has 1 aliphatic heterocycles. The average Bonchev–Trinajstić information content (AvgIpc) is 1.77. The molecule has 1 heterocycles. The molecule has 0 amide bonds. The smallest absolute Gasteiger partial charge is 0.0564 e. The molecule has 3 nitrogen and oxygen atoms in total. The van der Waals surface area contributed by atoms with Crippen LogP contribution in [0, 0.1) is 0 Å². The molecule has 0 aromatic carbocycles. The van der Waals surface area contributed by atoms with Gasteiger partial charge in [-0.3, -0.25) is 0 Å². The lowest BCUT2D eigenvalue weighted by Crippen LogP contribution is -2.32. The molecule has 0 saturated carbocycles. The van der Waals surface area contributed by atoms with E-state index in [2.05, 4.69) is 11.9 Å². The van der Waals surface area contributed by atoms with Crippen molar-refractivity contribution >= 4 is 0 Å². The molecule has 3 N–H and O–H groups in total. The van der Waals surface area contributed by atoms with Crippen molar-refractivity contribution in [3.8, 4) is 0 Å². The van der Waals surface area contributed by atoms with E-state index >= 15 is 0 Å². The lowest BCUT2D eigenvalue weighted by Gasteiger charge is -2.25. The molecule has 0 bridgehead atoms. The summed E-state index contributed by atoms with van der Waals surface area (Å²) < 4.78 is 0. The van der Waals surface area contributed by atoms with Crippen LogP contribution in [-0.4, -0.2) is 41.7 Å². The maximum Gasteiger partial charge on any atom is 0.0564 e. The molecule has 3 heteroatoms. The van der Waals surface area contributed by atoms with Crippen molar-refractivity contribution in [3.63, 3.8) is 0 Å². The second-order valence-electron chi connectivity index (χ2n) is 2.53. The Kier molecular flexibility index (Phi) is 3.77. The number of piperidine rings is 1. The predicted octanol–water partition coefficient (Wildman–Crippen LogP) is -0.752. The Bertz CT molecular complexity index is 59.5. The van der Waals surface area contributed by atoms with Crippen LogP contribution < -0.4 is 0 Å².